The molecule has 0 aliphatic heterocycles. The highest BCUT2D eigenvalue weighted by molar-refractivity contribution is 7.89. The molecule has 24 heavy (non-hydrogen) atoms. The summed E-state index contributed by atoms with van der Waals surface area (Å²) in [6.07, 6.45) is 3.59. The summed E-state index contributed by atoms with van der Waals surface area (Å²) in [5.41, 5.74) is 6.84. The highest BCUT2D eigenvalue weighted by atomic mass is 35.5. The van der Waals surface area contributed by atoms with Crippen molar-refractivity contribution in [2.75, 3.05) is 7.05 Å². The molecule has 3 atom stereocenters. The quantitative estimate of drug-likeness (QED) is 0.836. The van der Waals surface area contributed by atoms with Crippen LogP contribution in [0.15, 0.2) is 29.2 Å². The van der Waals surface area contributed by atoms with Crippen LogP contribution in [0.25, 0.3) is 0 Å². The number of carbonyl (C=O) groups is 1. The first-order valence-corrected chi connectivity index (χ1v) is 9.40. The Balaban J connectivity index is 0.00000288. The fourth-order valence-corrected chi connectivity index (χ4v) is 3.61. The highest BCUT2D eigenvalue weighted by Crippen LogP contribution is 2.28. The summed E-state index contributed by atoms with van der Waals surface area (Å²) in [5, 5.41) is 5.10. The van der Waals surface area contributed by atoms with Gasteiger partial charge in [-0.3, -0.25) is 4.79 Å². The summed E-state index contributed by atoms with van der Waals surface area (Å²) in [6.45, 7) is 1.92. The van der Waals surface area contributed by atoms with Crippen LogP contribution in [0.3, 0.4) is 0 Å². The summed E-state index contributed by atoms with van der Waals surface area (Å²) in [6, 6.07) is 6.29. The Bertz CT molecular complexity index is 664. The summed E-state index contributed by atoms with van der Waals surface area (Å²) in [5.74, 6) is 0.0815. The summed E-state index contributed by atoms with van der Waals surface area (Å²) < 4.78 is 22.6. The lowest BCUT2D eigenvalue weighted by atomic mass is 9.85. The number of benzene rings is 1. The second-order valence-electron chi connectivity index (χ2n) is 6.36. The monoisotopic (exact) mass is 375 g/mol. The number of carbonyl (C=O) groups excluding carboxylic acids is 1. The van der Waals surface area contributed by atoms with E-state index < -0.39 is 10.0 Å². The molecule has 1 aromatic carbocycles. The predicted octanol–water partition coefficient (Wildman–Crippen LogP) is 1.79. The lowest BCUT2D eigenvalue weighted by molar-refractivity contribution is -0.137. The molecule has 1 fully saturated rings. The van der Waals surface area contributed by atoms with Crippen molar-refractivity contribution in [2.24, 2.45) is 16.8 Å². The van der Waals surface area contributed by atoms with Crippen molar-refractivity contribution >= 4 is 28.3 Å². The van der Waals surface area contributed by atoms with E-state index in [1.807, 2.05) is 6.92 Å². The number of nitrogens with two attached hydrogens (primary N) is 2. The van der Waals surface area contributed by atoms with Crippen molar-refractivity contribution < 1.29 is 13.2 Å². The zero-order valence-corrected chi connectivity index (χ0v) is 15.6. The van der Waals surface area contributed by atoms with E-state index in [1.54, 1.807) is 24.1 Å². The van der Waals surface area contributed by atoms with Gasteiger partial charge in [0, 0.05) is 19.0 Å². The van der Waals surface area contributed by atoms with Crippen molar-refractivity contribution in [3.8, 4) is 0 Å². The maximum absolute atomic E-state index is 12.6. The smallest absolute Gasteiger partial charge is 0.238 e. The Labute approximate surface area is 150 Å². The second kappa shape index (κ2) is 8.29. The van der Waals surface area contributed by atoms with Crippen LogP contribution < -0.4 is 10.9 Å². The Morgan fingerprint density at radius 1 is 1.25 bits per heavy atom. The summed E-state index contributed by atoms with van der Waals surface area (Å²) >= 11 is 0. The Morgan fingerprint density at radius 2 is 1.83 bits per heavy atom. The topological polar surface area (TPSA) is 106 Å². The van der Waals surface area contributed by atoms with Crippen LogP contribution in [0.1, 0.15) is 44.2 Å². The van der Waals surface area contributed by atoms with Crippen molar-refractivity contribution in [2.45, 2.75) is 49.6 Å². The molecule has 1 aromatic rings. The van der Waals surface area contributed by atoms with Crippen LogP contribution in [-0.2, 0) is 14.8 Å². The number of primary sulfonamides is 1. The van der Waals surface area contributed by atoms with Gasteiger partial charge in [0.1, 0.15) is 0 Å². The third-order valence-electron chi connectivity index (χ3n) is 4.68. The highest BCUT2D eigenvalue weighted by Gasteiger charge is 2.29. The first kappa shape index (κ1) is 20.9. The lowest BCUT2D eigenvalue weighted by Crippen LogP contribution is -2.39. The molecule has 4 N–H and O–H groups in total. The zero-order valence-electron chi connectivity index (χ0n) is 14.0. The van der Waals surface area contributed by atoms with Crippen molar-refractivity contribution in [1.29, 1.82) is 0 Å². The van der Waals surface area contributed by atoms with E-state index in [0.717, 1.165) is 31.2 Å². The number of rotatable bonds is 4. The molecule has 3 unspecified atom stereocenters. The van der Waals surface area contributed by atoms with E-state index in [4.69, 9.17) is 10.9 Å². The fourth-order valence-electron chi connectivity index (χ4n) is 3.09. The molecule has 2 rings (SSSR count). The predicted molar refractivity (Wildman–Crippen MR) is 96.2 cm³/mol. The molecule has 0 aromatic heterocycles. The molecule has 0 radical (unpaired) electrons. The number of amides is 1. The van der Waals surface area contributed by atoms with Gasteiger partial charge in [-0.2, -0.15) is 0 Å². The summed E-state index contributed by atoms with van der Waals surface area (Å²) in [4.78, 5) is 14.4. The van der Waals surface area contributed by atoms with E-state index in [9.17, 15) is 13.2 Å². The summed E-state index contributed by atoms with van der Waals surface area (Å²) in [7, 11) is -1.92. The van der Waals surface area contributed by atoms with Gasteiger partial charge in [-0.1, -0.05) is 18.6 Å². The maximum Gasteiger partial charge on any atom is 0.238 e. The standard InChI is InChI=1S/C16H25N3O3S.ClH/c1-11(12-6-8-15(9-7-12)23(18,21)22)19(2)16(20)13-4-3-5-14(17)10-13;/h6-9,11,13-14H,3-5,10,17H2,1-2H3,(H2,18,21,22);1H. The Morgan fingerprint density at radius 3 is 2.33 bits per heavy atom. The normalized spacial score (nSPS) is 22.3. The van der Waals surface area contributed by atoms with E-state index in [2.05, 4.69) is 0 Å². The van der Waals surface area contributed by atoms with Crippen LogP contribution in [-0.4, -0.2) is 32.3 Å². The van der Waals surface area contributed by atoms with E-state index in [1.165, 1.54) is 12.1 Å². The van der Waals surface area contributed by atoms with Crippen molar-refractivity contribution in [3.63, 3.8) is 0 Å². The van der Waals surface area contributed by atoms with Gasteiger partial charge in [0.05, 0.1) is 10.9 Å². The van der Waals surface area contributed by atoms with Gasteiger partial charge in [0.15, 0.2) is 0 Å². The molecule has 1 aliphatic rings. The van der Waals surface area contributed by atoms with Gasteiger partial charge in [-0.05, 0) is 43.9 Å². The number of hydrogen-bond acceptors (Lipinski definition) is 4. The molecule has 1 aliphatic carbocycles. The van der Waals surface area contributed by atoms with Gasteiger partial charge in [0.2, 0.25) is 15.9 Å². The van der Waals surface area contributed by atoms with Gasteiger partial charge >= 0.3 is 0 Å². The molecule has 0 spiro atoms. The zero-order chi connectivity index (χ0) is 17.2. The van der Waals surface area contributed by atoms with Crippen molar-refractivity contribution in [3.05, 3.63) is 29.8 Å². The molecule has 8 heteroatoms. The third kappa shape index (κ3) is 4.92. The Hall–Kier alpha value is -1.15. The van der Waals surface area contributed by atoms with Crippen LogP contribution in [0.4, 0.5) is 0 Å². The van der Waals surface area contributed by atoms with Gasteiger partial charge in [-0.25, -0.2) is 13.6 Å². The number of sulfonamides is 1. The molecular weight excluding hydrogens is 350 g/mol. The molecule has 1 amide bonds. The van der Waals surface area contributed by atoms with Gasteiger partial charge < -0.3 is 10.6 Å². The second-order valence-corrected chi connectivity index (χ2v) is 7.92. The average molecular weight is 376 g/mol. The van der Waals surface area contributed by atoms with Crippen LogP contribution in [0, 0.1) is 5.92 Å². The third-order valence-corrected chi connectivity index (χ3v) is 5.61. The van der Waals surface area contributed by atoms with E-state index in [-0.39, 0.29) is 41.2 Å². The average Bonchev–Trinajstić information content (AvgIpc) is 2.52. The fraction of sp³-hybridized carbons (Fsp3) is 0.562. The van der Waals surface area contributed by atoms with E-state index in [0.29, 0.717) is 0 Å². The number of hydrogen-bond donors (Lipinski definition) is 2. The van der Waals surface area contributed by atoms with Crippen LogP contribution >= 0.6 is 12.4 Å². The molecule has 0 saturated heterocycles. The van der Waals surface area contributed by atoms with E-state index >= 15 is 0 Å². The van der Waals surface area contributed by atoms with Gasteiger partial charge in [-0.15, -0.1) is 12.4 Å². The first-order chi connectivity index (χ1) is 10.7. The maximum atomic E-state index is 12.6. The molecular formula is C16H26ClN3O3S. The SMILES string of the molecule is CC(c1ccc(S(N)(=O)=O)cc1)N(C)C(=O)C1CCCC(N)C1.Cl. The first-order valence-electron chi connectivity index (χ1n) is 7.85. The van der Waals surface area contributed by atoms with Gasteiger partial charge in [0.25, 0.3) is 0 Å². The number of halogens is 1. The Kier molecular flexibility index (Phi) is 7.22. The minimum atomic E-state index is -3.70. The minimum absolute atomic E-state index is 0. The van der Waals surface area contributed by atoms with Crippen LogP contribution in [0.5, 0.6) is 0 Å². The molecule has 136 valence electrons. The number of nitrogens with zero attached hydrogens (tertiary/aromatic N) is 1. The molecule has 0 heterocycles. The minimum Gasteiger partial charge on any atom is -0.339 e. The largest absolute Gasteiger partial charge is 0.339 e. The van der Waals surface area contributed by atoms with Crippen LogP contribution in [0.2, 0.25) is 0 Å². The van der Waals surface area contributed by atoms with Crippen molar-refractivity contribution in [1.82, 2.24) is 4.90 Å². The molecule has 6 nitrogen and oxygen atoms in total. The molecule has 0 bridgehead atoms. The molecule has 1 saturated carbocycles. The lowest BCUT2D eigenvalue weighted by Gasteiger charge is -2.32.